The molecular weight excluding hydrogens is 600 g/mol. The van der Waals surface area contributed by atoms with Gasteiger partial charge in [-0.1, -0.05) is 18.2 Å². The summed E-state index contributed by atoms with van der Waals surface area (Å²) in [5.41, 5.74) is 5.85. The minimum Gasteiger partial charge on any atom is -0.475 e. The van der Waals surface area contributed by atoms with Crippen molar-refractivity contribution in [1.82, 2.24) is 29.7 Å². The van der Waals surface area contributed by atoms with Crippen LogP contribution in [0.2, 0.25) is 0 Å². The minimum atomic E-state index is -5.08. The molecule has 0 saturated heterocycles. The summed E-state index contributed by atoms with van der Waals surface area (Å²) in [5, 5.41) is 22.9. The molecule has 0 bridgehead atoms. The van der Waals surface area contributed by atoms with Gasteiger partial charge in [0.15, 0.2) is 0 Å². The number of hydrogen-bond donors (Lipinski definition) is 3. The highest BCUT2D eigenvalue weighted by atomic mass is 19.4. The molecule has 5 aromatic rings. The van der Waals surface area contributed by atoms with Gasteiger partial charge in [0.05, 0.1) is 11.2 Å². The molecule has 3 aromatic heterocycles. The number of pyridine rings is 1. The number of rotatable bonds is 4. The number of carbonyl (C=O) groups is 2. The summed E-state index contributed by atoms with van der Waals surface area (Å²) >= 11 is 0. The number of alkyl halides is 6. The zero-order valence-electron chi connectivity index (χ0n) is 22.6. The predicted molar refractivity (Wildman–Crippen MR) is 144 cm³/mol. The van der Waals surface area contributed by atoms with Crippen LogP contribution in [0.25, 0.3) is 27.7 Å². The topological polar surface area (TPSA) is 156 Å². The molecular formula is C27H21F6N7O4. The molecule has 0 fully saturated rings. The van der Waals surface area contributed by atoms with Crippen molar-refractivity contribution >= 4 is 34.5 Å². The van der Waals surface area contributed by atoms with E-state index in [-0.39, 0.29) is 0 Å². The quantitative estimate of drug-likeness (QED) is 0.207. The van der Waals surface area contributed by atoms with E-state index in [4.69, 9.17) is 24.8 Å². The number of anilines is 2. The number of carboxylic acids is 2. The Morgan fingerprint density at radius 2 is 1.45 bits per heavy atom. The van der Waals surface area contributed by atoms with Crippen LogP contribution in [0.3, 0.4) is 0 Å². The van der Waals surface area contributed by atoms with E-state index in [1.165, 1.54) is 0 Å². The van der Waals surface area contributed by atoms with Gasteiger partial charge in [0.2, 0.25) is 5.95 Å². The number of carboxylic acid groups (broad SMARTS) is 2. The van der Waals surface area contributed by atoms with Crippen LogP contribution in [0, 0.1) is 13.8 Å². The van der Waals surface area contributed by atoms with Gasteiger partial charge in [-0.05, 0) is 55.8 Å². The molecule has 0 aliphatic rings. The Bertz CT molecular complexity index is 1730. The molecule has 0 amide bonds. The second-order valence-corrected chi connectivity index (χ2v) is 8.64. The van der Waals surface area contributed by atoms with Crippen LogP contribution >= 0.6 is 0 Å². The maximum atomic E-state index is 10.6. The summed E-state index contributed by atoms with van der Waals surface area (Å²) in [7, 11) is 0. The van der Waals surface area contributed by atoms with Gasteiger partial charge >= 0.3 is 24.3 Å². The van der Waals surface area contributed by atoms with Crippen LogP contribution in [0.15, 0.2) is 73.3 Å². The van der Waals surface area contributed by atoms with Gasteiger partial charge in [-0.25, -0.2) is 29.2 Å². The van der Waals surface area contributed by atoms with Gasteiger partial charge < -0.3 is 15.5 Å². The number of nitrogens with zero attached hydrogens (tertiary/aromatic N) is 6. The van der Waals surface area contributed by atoms with Crippen molar-refractivity contribution in [3.8, 4) is 16.8 Å². The van der Waals surface area contributed by atoms with Crippen molar-refractivity contribution in [3.63, 3.8) is 0 Å². The van der Waals surface area contributed by atoms with E-state index in [9.17, 15) is 26.3 Å². The second-order valence-electron chi connectivity index (χ2n) is 8.64. The fraction of sp³-hybridized carbons (Fsp3) is 0.148. The van der Waals surface area contributed by atoms with E-state index in [1.54, 1.807) is 11.0 Å². The Morgan fingerprint density at radius 3 is 1.98 bits per heavy atom. The number of hydrogen-bond acceptors (Lipinski definition) is 8. The fourth-order valence-electron chi connectivity index (χ4n) is 3.36. The molecule has 0 aliphatic carbocycles. The van der Waals surface area contributed by atoms with E-state index >= 15 is 0 Å². The van der Waals surface area contributed by atoms with E-state index in [1.807, 2.05) is 68.7 Å². The van der Waals surface area contributed by atoms with Crippen molar-refractivity contribution in [3.05, 3.63) is 84.8 Å². The smallest absolute Gasteiger partial charge is 0.475 e. The van der Waals surface area contributed by atoms with Crippen LogP contribution < -0.4 is 5.32 Å². The lowest BCUT2D eigenvalue weighted by Crippen LogP contribution is -2.21. The molecule has 0 spiro atoms. The van der Waals surface area contributed by atoms with E-state index in [0.717, 1.165) is 44.9 Å². The zero-order valence-corrected chi connectivity index (χ0v) is 22.6. The van der Waals surface area contributed by atoms with Crippen LogP contribution in [-0.2, 0) is 9.59 Å². The number of aliphatic carboxylic acids is 2. The minimum absolute atomic E-state index is 0.546. The Balaban J connectivity index is 0.000000317. The van der Waals surface area contributed by atoms with Gasteiger partial charge in [-0.2, -0.15) is 31.4 Å². The number of halogens is 6. The first-order valence-electron chi connectivity index (χ1n) is 12.1. The average Bonchev–Trinajstić information content (AvgIpc) is 3.39. The molecule has 0 aliphatic heterocycles. The largest absolute Gasteiger partial charge is 0.490 e. The standard InChI is InChI=1S/C23H19N7.2C2HF3O2/c1-15-12-17(10-11-24-15)21-5-3-4-18-13-25-23(28-22(18)21)27-19-6-8-20(9-7-19)30-14-26-16(2)29-30;2*3-2(4,5)1(6)7/h3-14H,1-2H3,(H,25,27,28);2*(H,6,7). The predicted octanol–water partition coefficient (Wildman–Crippen LogP) is 5.90. The third kappa shape index (κ3) is 9.20. The van der Waals surface area contributed by atoms with E-state index in [2.05, 4.69) is 37.5 Å². The van der Waals surface area contributed by atoms with Crippen molar-refractivity contribution in [2.45, 2.75) is 26.2 Å². The fourth-order valence-corrected chi connectivity index (χ4v) is 3.36. The number of aryl methyl sites for hydroxylation is 2. The summed E-state index contributed by atoms with van der Waals surface area (Å²) < 4.78 is 65.2. The average molecular weight is 621 g/mol. The maximum Gasteiger partial charge on any atom is 0.490 e. The summed E-state index contributed by atoms with van der Waals surface area (Å²) in [4.78, 5) is 35.5. The Kier molecular flexibility index (Phi) is 10.2. The Hall–Kier alpha value is -5.61. The normalized spacial score (nSPS) is 11.1. The molecule has 0 saturated carbocycles. The zero-order chi connectivity index (χ0) is 32.7. The molecule has 2 aromatic carbocycles. The van der Waals surface area contributed by atoms with Gasteiger partial charge in [-0.3, -0.25) is 4.98 Å². The first kappa shape index (κ1) is 32.9. The molecule has 44 heavy (non-hydrogen) atoms. The van der Waals surface area contributed by atoms with Crippen LogP contribution in [0.5, 0.6) is 0 Å². The van der Waals surface area contributed by atoms with Gasteiger partial charge in [0, 0.05) is 34.7 Å². The highest BCUT2D eigenvalue weighted by Gasteiger charge is 2.38. The molecule has 5 rings (SSSR count). The van der Waals surface area contributed by atoms with Crippen molar-refractivity contribution < 1.29 is 46.1 Å². The first-order valence-corrected chi connectivity index (χ1v) is 12.1. The molecule has 3 heterocycles. The second kappa shape index (κ2) is 13.6. The van der Waals surface area contributed by atoms with Crippen LogP contribution in [0.1, 0.15) is 11.5 Å². The molecule has 230 valence electrons. The maximum absolute atomic E-state index is 10.6. The van der Waals surface area contributed by atoms with Crippen molar-refractivity contribution in [2.75, 3.05) is 5.32 Å². The van der Waals surface area contributed by atoms with E-state index < -0.39 is 24.3 Å². The van der Waals surface area contributed by atoms with Crippen LogP contribution in [-0.4, -0.2) is 64.2 Å². The number of fused-ring (bicyclic) bond motifs is 1. The summed E-state index contributed by atoms with van der Waals surface area (Å²) in [6.07, 6.45) is -4.80. The first-order chi connectivity index (χ1) is 20.5. The van der Waals surface area contributed by atoms with Gasteiger partial charge in [0.1, 0.15) is 12.2 Å². The summed E-state index contributed by atoms with van der Waals surface area (Å²) in [5.74, 6) is -4.23. The lowest BCUT2D eigenvalue weighted by atomic mass is 10.0. The van der Waals surface area contributed by atoms with Gasteiger partial charge in [-0.15, -0.1) is 0 Å². The molecule has 3 N–H and O–H groups in total. The molecule has 0 radical (unpaired) electrons. The van der Waals surface area contributed by atoms with Crippen molar-refractivity contribution in [1.29, 1.82) is 0 Å². The van der Waals surface area contributed by atoms with Crippen LogP contribution in [0.4, 0.5) is 38.0 Å². The number of para-hydroxylation sites is 1. The lowest BCUT2D eigenvalue weighted by molar-refractivity contribution is -0.193. The molecule has 11 nitrogen and oxygen atoms in total. The summed E-state index contributed by atoms with van der Waals surface area (Å²) in [6, 6.07) is 18.1. The summed E-state index contributed by atoms with van der Waals surface area (Å²) in [6.45, 7) is 3.85. The number of benzene rings is 2. The SMILES string of the molecule is Cc1cc(-c2cccc3cnc(Nc4ccc(-n5cnc(C)n5)cc4)nc23)ccn1.O=C(O)C(F)(F)F.O=C(O)C(F)(F)F. The number of nitrogens with one attached hydrogen (secondary N) is 1. The van der Waals surface area contributed by atoms with Gasteiger partial charge in [0.25, 0.3) is 0 Å². The van der Waals surface area contributed by atoms with Crippen molar-refractivity contribution in [2.24, 2.45) is 0 Å². The monoisotopic (exact) mass is 621 g/mol. The third-order valence-electron chi connectivity index (χ3n) is 5.30. The third-order valence-corrected chi connectivity index (χ3v) is 5.30. The molecule has 0 unspecified atom stereocenters. The number of aromatic nitrogens is 6. The molecule has 0 atom stereocenters. The lowest BCUT2D eigenvalue weighted by Gasteiger charge is -2.10. The highest BCUT2D eigenvalue weighted by molar-refractivity contribution is 5.93. The molecule has 17 heteroatoms. The highest BCUT2D eigenvalue weighted by Crippen LogP contribution is 2.28. The Morgan fingerprint density at radius 1 is 0.841 bits per heavy atom. The van der Waals surface area contributed by atoms with E-state index in [0.29, 0.717) is 5.95 Å². The Labute approximate surface area is 243 Å².